The van der Waals surface area contributed by atoms with Gasteiger partial charge >= 0.3 is 0 Å². The number of hydrogen-bond donors (Lipinski definition) is 1. The van der Waals surface area contributed by atoms with Gasteiger partial charge in [-0.25, -0.2) is 0 Å². The van der Waals surface area contributed by atoms with E-state index in [0.29, 0.717) is 36.6 Å². The fourth-order valence-electron chi connectivity index (χ4n) is 9.34. The van der Waals surface area contributed by atoms with Gasteiger partial charge in [0, 0.05) is 17.5 Å². The Hall–Kier alpha value is -1.14. The van der Waals surface area contributed by atoms with Gasteiger partial charge in [0.05, 0.1) is 44.1 Å². The lowest BCUT2D eigenvalue weighted by molar-refractivity contribution is -0.130. The highest BCUT2D eigenvalue weighted by molar-refractivity contribution is 5.29. The van der Waals surface area contributed by atoms with Crippen molar-refractivity contribution in [2.24, 2.45) is 28.6 Å². The van der Waals surface area contributed by atoms with Gasteiger partial charge in [-0.15, -0.1) is 0 Å². The third-order valence-corrected chi connectivity index (χ3v) is 11.5. The van der Waals surface area contributed by atoms with Crippen LogP contribution in [0.1, 0.15) is 83.6 Å². The van der Waals surface area contributed by atoms with Crippen molar-refractivity contribution < 1.29 is 19.0 Å². The number of aliphatic hydroxyl groups is 1. The molecular weight excluding hydrogens is 450 g/mol. The van der Waals surface area contributed by atoms with Crippen molar-refractivity contribution in [2.75, 3.05) is 39.5 Å². The normalized spacial score (nSPS) is 42.6. The smallest absolute Gasteiger partial charge is 0.0983 e. The van der Waals surface area contributed by atoms with E-state index in [4.69, 9.17) is 13.9 Å². The summed E-state index contributed by atoms with van der Waals surface area (Å²) in [5.41, 5.74) is 2.13. The van der Waals surface area contributed by atoms with Crippen LogP contribution in [0, 0.1) is 28.6 Å². The fraction of sp³-hybridized carbons (Fsp3) is 0.806. The third kappa shape index (κ3) is 4.13. The van der Waals surface area contributed by atoms with Crippen LogP contribution in [0.5, 0.6) is 0 Å². The molecule has 0 spiro atoms. The summed E-state index contributed by atoms with van der Waals surface area (Å²) < 4.78 is 17.6. The number of nitrogens with zero attached hydrogens (tertiary/aromatic N) is 1. The summed E-state index contributed by atoms with van der Waals surface area (Å²) in [5.74, 6) is 1.99. The lowest BCUT2D eigenvalue weighted by Gasteiger charge is -2.59. The molecule has 1 N–H and O–H groups in total. The number of ether oxygens (including phenoxy) is 2. The molecule has 0 radical (unpaired) electrons. The maximum absolute atomic E-state index is 11.9. The van der Waals surface area contributed by atoms with E-state index in [0.717, 1.165) is 56.7 Å². The first kappa shape index (κ1) is 25.2. The van der Waals surface area contributed by atoms with Crippen molar-refractivity contribution >= 4 is 0 Å². The van der Waals surface area contributed by atoms with Crippen LogP contribution in [-0.2, 0) is 15.1 Å². The molecule has 1 saturated heterocycles. The summed E-state index contributed by atoms with van der Waals surface area (Å²) >= 11 is 0. The zero-order valence-electron chi connectivity index (χ0n) is 22.6. The summed E-state index contributed by atoms with van der Waals surface area (Å²) in [6.45, 7) is 10.7. The van der Waals surface area contributed by atoms with E-state index in [9.17, 15) is 5.11 Å². The highest BCUT2D eigenvalue weighted by Crippen LogP contribution is 2.69. The number of rotatable bonds is 8. The van der Waals surface area contributed by atoms with Crippen LogP contribution < -0.4 is 0 Å². The second-order valence-electron chi connectivity index (χ2n) is 13.0. The molecule has 0 unspecified atom stereocenters. The van der Waals surface area contributed by atoms with Crippen LogP contribution in [0.25, 0.3) is 0 Å². The first-order valence-corrected chi connectivity index (χ1v) is 14.8. The number of furan rings is 1. The van der Waals surface area contributed by atoms with E-state index in [-0.39, 0.29) is 5.41 Å². The molecular formula is C31H47NO4. The summed E-state index contributed by atoms with van der Waals surface area (Å²) in [7, 11) is 0. The van der Waals surface area contributed by atoms with Gasteiger partial charge in [-0.05, 0) is 107 Å². The van der Waals surface area contributed by atoms with Crippen molar-refractivity contribution in [2.45, 2.75) is 89.8 Å². The van der Waals surface area contributed by atoms with Gasteiger partial charge in [0.25, 0.3) is 0 Å². The highest BCUT2D eigenvalue weighted by atomic mass is 16.5. The van der Waals surface area contributed by atoms with Crippen molar-refractivity contribution in [3.63, 3.8) is 0 Å². The average molecular weight is 498 g/mol. The molecule has 6 rings (SSSR count). The largest absolute Gasteiger partial charge is 0.472 e. The Morgan fingerprint density at radius 1 is 1.03 bits per heavy atom. The SMILES string of the molecule is C[C@]12CC[C@H](OCCOCCN3CCCC3)CC1=CC[C@@H]1[C@@H]2CC[C@@]2(C)[C@H]1CC[C@@]2(O)c1ccoc1. The first-order valence-electron chi connectivity index (χ1n) is 14.8. The molecule has 3 saturated carbocycles. The van der Waals surface area contributed by atoms with Crippen LogP contribution >= 0.6 is 0 Å². The van der Waals surface area contributed by atoms with Crippen LogP contribution in [0.15, 0.2) is 34.7 Å². The summed E-state index contributed by atoms with van der Waals surface area (Å²) in [4.78, 5) is 2.50. The minimum atomic E-state index is -0.747. The van der Waals surface area contributed by atoms with Gasteiger partial charge in [-0.3, -0.25) is 0 Å². The third-order valence-electron chi connectivity index (χ3n) is 11.5. The number of allylic oxidation sites excluding steroid dienone is 1. The summed E-state index contributed by atoms with van der Waals surface area (Å²) in [5, 5.41) is 11.9. The molecule has 0 aromatic carbocycles. The van der Waals surface area contributed by atoms with Crippen LogP contribution in [0.4, 0.5) is 0 Å². The first-order chi connectivity index (χ1) is 17.4. The zero-order chi connectivity index (χ0) is 24.8. The number of fused-ring (bicyclic) bond motifs is 5. The molecule has 1 aromatic rings. The van der Waals surface area contributed by atoms with Gasteiger partial charge in [-0.1, -0.05) is 25.5 Å². The second kappa shape index (κ2) is 9.87. The van der Waals surface area contributed by atoms with E-state index >= 15 is 0 Å². The van der Waals surface area contributed by atoms with Gasteiger partial charge < -0.3 is 23.9 Å². The van der Waals surface area contributed by atoms with E-state index in [1.165, 1.54) is 45.2 Å². The quantitative estimate of drug-likeness (QED) is 0.356. The second-order valence-corrected chi connectivity index (χ2v) is 13.0. The monoisotopic (exact) mass is 497 g/mol. The predicted octanol–water partition coefficient (Wildman–Crippen LogP) is 5.93. The molecule has 5 nitrogen and oxygen atoms in total. The Labute approximate surface area is 217 Å². The van der Waals surface area contributed by atoms with Crippen molar-refractivity contribution in [3.8, 4) is 0 Å². The number of likely N-dealkylation sites (tertiary alicyclic amines) is 1. The maximum atomic E-state index is 11.9. The van der Waals surface area contributed by atoms with Gasteiger partial charge in [0.1, 0.15) is 0 Å². The molecule has 0 amide bonds. The molecule has 4 fully saturated rings. The molecule has 5 heteroatoms. The lowest BCUT2D eigenvalue weighted by Crippen LogP contribution is -2.53. The standard InChI is InChI=1S/C31H47NO4/c1-29-11-7-25(36-20-19-34-18-16-32-14-3-4-15-32)21-23(29)5-6-26-27(29)8-12-30(2)28(26)9-13-31(30,33)24-10-17-35-22-24/h5,10,17,22,25-28,33H,3-4,6-9,11-16,18-21H2,1-2H3/t25-,26+,27-,28-,29-,30-,31+/m0/s1. The van der Waals surface area contributed by atoms with Crippen LogP contribution in [0.3, 0.4) is 0 Å². The summed E-state index contributed by atoms with van der Waals surface area (Å²) in [6.07, 6.45) is 18.1. The molecule has 7 atom stereocenters. The molecule has 200 valence electrons. The van der Waals surface area contributed by atoms with E-state index in [2.05, 4.69) is 24.8 Å². The lowest BCUT2D eigenvalue weighted by atomic mass is 9.46. The van der Waals surface area contributed by atoms with E-state index in [1.54, 1.807) is 18.1 Å². The molecule has 5 aliphatic rings. The summed E-state index contributed by atoms with van der Waals surface area (Å²) in [6, 6.07) is 1.99. The van der Waals surface area contributed by atoms with Crippen molar-refractivity contribution in [1.82, 2.24) is 4.90 Å². The molecule has 1 aromatic heterocycles. The predicted molar refractivity (Wildman–Crippen MR) is 141 cm³/mol. The van der Waals surface area contributed by atoms with Crippen LogP contribution in [0.2, 0.25) is 0 Å². The number of hydrogen-bond acceptors (Lipinski definition) is 5. The Kier molecular flexibility index (Phi) is 6.90. The average Bonchev–Trinajstić information content (AvgIpc) is 3.64. The molecule has 1 aliphatic heterocycles. The Bertz CT molecular complexity index is 923. The van der Waals surface area contributed by atoms with E-state index in [1.807, 2.05) is 6.07 Å². The maximum Gasteiger partial charge on any atom is 0.0983 e. The molecule has 2 heterocycles. The highest BCUT2D eigenvalue weighted by Gasteiger charge is 2.64. The van der Waals surface area contributed by atoms with Crippen LogP contribution in [-0.4, -0.2) is 55.6 Å². The Balaban J connectivity index is 1.05. The van der Waals surface area contributed by atoms with Crippen molar-refractivity contribution in [1.29, 1.82) is 0 Å². The fourth-order valence-corrected chi connectivity index (χ4v) is 9.34. The Morgan fingerprint density at radius 2 is 1.86 bits per heavy atom. The van der Waals surface area contributed by atoms with E-state index < -0.39 is 5.60 Å². The zero-order valence-corrected chi connectivity index (χ0v) is 22.6. The minimum Gasteiger partial charge on any atom is -0.472 e. The van der Waals surface area contributed by atoms with Crippen molar-refractivity contribution in [3.05, 3.63) is 35.8 Å². The topological polar surface area (TPSA) is 55.1 Å². The van der Waals surface area contributed by atoms with Gasteiger partial charge in [0.2, 0.25) is 0 Å². The van der Waals surface area contributed by atoms with Gasteiger partial charge in [0.15, 0.2) is 0 Å². The Morgan fingerprint density at radius 3 is 2.67 bits per heavy atom. The minimum absolute atomic E-state index is 0.0607. The van der Waals surface area contributed by atoms with Gasteiger partial charge in [-0.2, -0.15) is 0 Å². The molecule has 36 heavy (non-hydrogen) atoms. The molecule has 4 aliphatic carbocycles. The molecule has 0 bridgehead atoms.